The molecule has 2 aromatic rings. The van der Waals surface area contributed by atoms with E-state index in [4.69, 9.17) is 4.74 Å². The van der Waals surface area contributed by atoms with E-state index >= 15 is 0 Å². The summed E-state index contributed by atoms with van der Waals surface area (Å²) in [5.41, 5.74) is 1.38. The molecule has 0 aliphatic heterocycles. The molecule has 1 N–H and O–H groups in total. The molecular formula is C15H19FN2OS. The quantitative estimate of drug-likeness (QED) is 0.907. The number of thiazole rings is 1. The van der Waals surface area contributed by atoms with Gasteiger partial charge in [0.05, 0.1) is 18.4 Å². The smallest absolute Gasteiger partial charge is 0.137 e. The molecule has 1 aromatic heterocycles. The molecule has 0 spiro atoms. The monoisotopic (exact) mass is 294 g/mol. The Hall–Kier alpha value is -1.46. The average molecular weight is 294 g/mol. The summed E-state index contributed by atoms with van der Waals surface area (Å²) < 4.78 is 19.3. The van der Waals surface area contributed by atoms with Crippen LogP contribution in [0.2, 0.25) is 0 Å². The van der Waals surface area contributed by atoms with Crippen LogP contribution in [-0.4, -0.2) is 18.6 Å². The molecule has 0 saturated carbocycles. The van der Waals surface area contributed by atoms with Gasteiger partial charge in [0.1, 0.15) is 16.6 Å². The Kier molecular flexibility index (Phi) is 4.73. The summed E-state index contributed by atoms with van der Waals surface area (Å²) in [6.07, 6.45) is 0. The SMILES string of the molecule is CCNC(C)c1sc(-c2c(F)cccc2OC)nc1C. The van der Waals surface area contributed by atoms with E-state index in [1.165, 1.54) is 17.4 Å². The molecule has 20 heavy (non-hydrogen) atoms. The van der Waals surface area contributed by atoms with E-state index in [9.17, 15) is 4.39 Å². The van der Waals surface area contributed by atoms with Crippen molar-refractivity contribution in [3.63, 3.8) is 0 Å². The number of aromatic nitrogens is 1. The summed E-state index contributed by atoms with van der Waals surface area (Å²) in [7, 11) is 1.54. The van der Waals surface area contributed by atoms with Crippen molar-refractivity contribution in [3.05, 3.63) is 34.6 Å². The van der Waals surface area contributed by atoms with Crippen LogP contribution in [0.25, 0.3) is 10.6 Å². The molecule has 1 atom stereocenters. The normalized spacial score (nSPS) is 12.4. The first-order valence-corrected chi connectivity index (χ1v) is 7.43. The second kappa shape index (κ2) is 6.33. The minimum absolute atomic E-state index is 0.212. The van der Waals surface area contributed by atoms with Gasteiger partial charge in [-0.25, -0.2) is 9.37 Å². The summed E-state index contributed by atoms with van der Waals surface area (Å²) in [6, 6.07) is 5.04. The van der Waals surface area contributed by atoms with Crippen molar-refractivity contribution in [1.82, 2.24) is 10.3 Å². The molecule has 1 aromatic carbocycles. The third-order valence-corrected chi connectivity index (χ3v) is 4.50. The van der Waals surface area contributed by atoms with Crippen LogP contribution >= 0.6 is 11.3 Å². The zero-order valence-corrected chi connectivity index (χ0v) is 13.0. The summed E-state index contributed by atoms with van der Waals surface area (Å²) in [4.78, 5) is 5.64. The molecule has 1 unspecified atom stereocenters. The number of methoxy groups -OCH3 is 1. The van der Waals surface area contributed by atoms with Gasteiger partial charge in [-0.3, -0.25) is 0 Å². The molecule has 0 amide bonds. The van der Waals surface area contributed by atoms with Crippen LogP contribution in [0.3, 0.4) is 0 Å². The Morgan fingerprint density at radius 2 is 2.20 bits per heavy atom. The average Bonchev–Trinajstić information content (AvgIpc) is 2.80. The van der Waals surface area contributed by atoms with Gasteiger partial charge in [-0.05, 0) is 32.5 Å². The van der Waals surface area contributed by atoms with Crippen molar-refractivity contribution in [1.29, 1.82) is 0 Å². The lowest BCUT2D eigenvalue weighted by Crippen LogP contribution is -2.17. The van der Waals surface area contributed by atoms with Gasteiger partial charge < -0.3 is 10.1 Å². The number of hydrogen-bond acceptors (Lipinski definition) is 4. The predicted octanol–water partition coefficient (Wildman–Crippen LogP) is 3.94. The third kappa shape index (κ3) is 2.83. The van der Waals surface area contributed by atoms with Crippen molar-refractivity contribution >= 4 is 11.3 Å². The number of hydrogen-bond donors (Lipinski definition) is 1. The first-order valence-electron chi connectivity index (χ1n) is 6.62. The van der Waals surface area contributed by atoms with Gasteiger partial charge >= 0.3 is 0 Å². The highest BCUT2D eigenvalue weighted by atomic mass is 32.1. The van der Waals surface area contributed by atoms with E-state index in [2.05, 4.69) is 24.1 Å². The molecular weight excluding hydrogens is 275 g/mol. The van der Waals surface area contributed by atoms with E-state index in [0.29, 0.717) is 16.3 Å². The molecule has 0 saturated heterocycles. The van der Waals surface area contributed by atoms with Crippen LogP contribution in [0, 0.1) is 12.7 Å². The lowest BCUT2D eigenvalue weighted by Gasteiger charge is -2.10. The Balaban J connectivity index is 2.47. The van der Waals surface area contributed by atoms with Crippen molar-refractivity contribution in [3.8, 4) is 16.3 Å². The van der Waals surface area contributed by atoms with Crippen LogP contribution < -0.4 is 10.1 Å². The Bertz CT molecular complexity index is 598. The largest absolute Gasteiger partial charge is 0.496 e. The molecule has 0 radical (unpaired) electrons. The van der Waals surface area contributed by atoms with Crippen LogP contribution in [-0.2, 0) is 0 Å². The molecule has 0 bridgehead atoms. The van der Waals surface area contributed by atoms with Gasteiger partial charge in [-0.15, -0.1) is 11.3 Å². The van der Waals surface area contributed by atoms with Gasteiger partial charge in [-0.1, -0.05) is 13.0 Å². The van der Waals surface area contributed by atoms with Crippen molar-refractivity contribution < 1.29 is 9.13 Å². The van der Waals surface area contributed by atoms with Gasteiger partial charge in [0.15, 0.2) is 0 Å². The van der Waals surface area contributed by atoms with Crippen LogP contribution in [0.4, 0.5) is 4.39 Å². The van der Waals surface area contributed by atoms with E-state index in [1.807, 2.05) is 6.92 Å². The highest BCUT2D eigenvalue weighted by Crippen LogP contribution is 2.38. The highest BCUT2D eigenvalue weighted by molar-refractivity contribution is 7.15. The topological polar surface area (TPSA) is 34.1 Å². The standard InChI is InChI=1S/C15H19FN2OS/c1-5-17-9(2)14-10(3)18-15(20-14)13-11(16)7-6-8-12(13)19-4/h6-9,17H,5H2,1-4H3. The van der Waals surface area contributed by atoms with Gasteiger partial charge in [0.25, 0.3) is 0 Å². The number of ether oxygens (including phenoxy) is 1. The molecule has 5 heteroatoms. The number of nitrogens with zero attached hydrogens (tertiary/aromatic N) is 1. The molecule has 2 rings (SSSR count). The number of halogens is 1. The molecule has 0 aliphatic rings. The maximum absolute atomic E-state index is 14.1. The lowest BCUT2D eigenvalue weighted by molar-refractivity contribution is 0.413. The molecule has 3 nitrogen and oxygen atoms in total. The first-order chi connectivity index (χ1) is 9.58. The Labute approximate surface area is 122 Å². The molecule has 0 aliphatic carbocycles. The maximum atomic E-state index is 14.1. The molecule has 0 fully saturated rings. The highest BCUT2D eigenvalue weighted by Gasteiger charge is 2.19. The number of nitrogens with one attached hydrogen (secondary N) is 1. The summed E-state index contributed by atoms with van der Waals surface area (Å²) in [6.45, 7) is 6.99. The summed E-state index contributed by atoms with van der Waals surface area (Å²) >= 11 is 1.51. The van der Waals surface area contributed by atoms with Gasteiger partial charge in [0.2, 0.25) is 0 Å². The first kappa shape index (κ1) is 14.9. The van der Waals surface area contributed by atoms with E-state index in [-0.39, 0.29) is 11.9 Å². The van der Waals surface area contributed by atoms with E-state index in [0.717, 1.165) is 17.1 Å². The number of rotatable bonds is 5. The minimum Gasteiger partial charge on any atom is -0.496 e. The summed E-state index contributed by atoms with van der Waals surface area (Å²) in [5, 5.41) is 4.02. The van der Waals surface area contributed by atoms with Crippen molar-refractivity contribution in [2.75, 3.05) is 13.7 Å². The van der Waals surface area contributed by atoms with Gasteiger partial charge in [-0.2, -0.15) is 0 Å². The Morgan fingerprint density at radius 3 is 2.85 bits per heavy atom. The molecule has 108 valence electrons. The second-order valence-corrected chi connectivity index (χ2v) is 5.60. The van der Waals surface area contributed by atoms with Crippen LogP contribution in [0.15, 0.2) is 18.2 Å². The third-order valence-electron chi connectivity index (χ3n) is 3.15. The predicted molar refractivity (Wildman–Crippen MR) is 80.9 cm³/mol. The van der Waals surface area contributed by atoms with E-state index in [1.54, 1.807) is 19.2 Å². The van der Waals surface area contributed by atoms with Crippen LogP contribution in [0.5, 0.6) is 5.75 Å². The fraction of sp³-hybridized carbons (Fsp3) is 0.400. The van der Waals surface area contributed by atoms with Crippen LogP contribution in [0.1, 0.15) is 30.5 Å². The fourth-order valence-corrected chi connectivity index (χ4v) is 3.34. The van der Waals surface area contributed by atoms with E-state index < -0.39 is 0 Å². The zero-order valence-electron chi connectivity index (χ0n) is 12.2. The summed E-state index contributed by atoms with van der Waals surface area (Å²) in [5.74, 6) is 0.210. The van der Waals surface area contributed by atoms with Crippen molar-refractivity contribution in [2.45, 2.75) is 26.8 Å². The van der Waals surface area contributed by atoms with Crippen molar-refractivity contribution in [2.24, 2.45) is 0 Å². The fourth-order valence-electron chi connectivity index (χ4n) is 2.20. The molecule has 1 heterocycles. The second-order valence-electron chi connectivity index (χ2n) is 4.57. The number of benzene rings is 1. The Morgan fingerprint density at radius 1 is 1.45 bits per heavy atom. The minimum atomic E-state index is -0.305. The zero-order chi connectivity index (χ0) is 14.7. The lowest BCUT2D eigenvalue weighted by atomic mass is 10.2. The number of aryl methyl sites for hydroxylation is 1. The van der Waals surface area contributed by atoms with Gasteiger partial charge in [0, 0.05) is 10.9 Å². The maximum Gasteiger partial charge on any atom is 0.137 e.